The van der Waals surface area contributed by atoms with Crippen molar-refractivity contribution in [2.45, 2.75) is 50.9 Å². The first-order valence-electron chi connectivity index (χ1n) is 6.96. The highest BCUT2D eigenvalue weighted by atomic mass is 16.5. The van der Waals surface area contributed by atoms with E-state index >= 15 is 0 Å². The molecule has 0 radical (unpaired) electrons. The van der Waals surface area contributed by atoms with Gasteiger partial charge in [0, 0.05) is 6.54 Å². The van der Waals surface area contributed by atoms with E-state index in [1.807, 2.05) is 12.4 Å². The van der Waals surface area contributed by atoms with E-state index in [9.17, 15) is 0 Å². The fourth-order valence-corrected chi connectivity index (χ4v) is 2.89. The number of fused-ring (bicyclic) bond motifs is 2. The number of ether oxygens (including phenoxy) is 1. The van der Waals surface area contributed by atoms with Gasteiger partial charge in [0.25, 0.3) is 0 Å². The van der Waals surface area contributed by atoms with Crippen molar-refractivity contribution in [3.63, 3.8) is 0 Å². The highest BCUT2D eigenvalue weighted by Gasteiger charge is 2.40. The third-order valence-electron chi connectivity index (χ3n) is 3.78. The van der Waals surface area contributed by atoms with Crippen LogP contribution in [0.2, 0.25) is 0 Å². The first-order chi connectivity index (χ1) is 8.85. The number of hydrogen-bond donors (Lipinski definition) is 2. The van der Waals surface area contributed by atoms with E-state index in [1.54, 1.807) is 0 Å². The Balaban J connectivity index is 1.62. The number of nitrogens with zero attached hydrogens (tertiary/aromatic N) is 1. The molecule has 3 heterocycles. The predicted octanol–water partition coefficient (Wildman–Crippen LogP) is 2.64. The summed E-state index contributed by atoms with van der Waals surface area (Å²) in [6.07, 6.45) is 9.35. The molecule has 0 spiro atoms. The van der Waals surface area contributed by atoms with Gasteiger partial charge in [0.1, 0.15) is 0 Å². The summed E-state index contributed by atoms with van der Waals surface area (Å²) in [5.41, 5.74) is 2.18. The van der Waals surface area contributed by atoms with Gasteiger partial charge >= 0.3 is 0 Å². The van der Waals surface area contributed by atoms with Crippen LogP contribution in [0.3, 0.4) is 0 Å². The molecule has 0 aromatic carbocycles. The van der Waals surface area contributed by atoms with Crippen molar-refractivity contribution in [1.82, 2.24) is 4.98 Å². The number of hydrogen-bond acceptors (Lipinski definition) is 4. The minimum absolute atomic E-state index is 0.405. The SMILES string of the molecule is CCCNc1cncc(NC2CC3CCC2O3)c1. The van der Waals surface area contributed by atoms with E-state index < -0.39 is 0 Å². The molecule has 1 aromatic rings. The molecule has 3 atom stereocenters. The van der Waals surface area contributed by atoms with Gasteiger partial charge in [-0.3, -0.25) is 4.98 Å². The third-order valence-corrected chi connectivity index (χ3v) is 3.78. The summed E-state index contributed by atoms with van der Waals surface area (Å²) in [4.78, 5) is 4.28. The lowest BCUT2D eigenvalue weighted by Gasteiger charge is -2.21. The molecular formula is C14H21N3O. The van der Waals surface area contributed by atoms with Crippen LogP contribution >= 0.6 is 0 Å². The summed E-state index contributed by atoms with van der Waals surface area (Å²) in [5, 5.41) is 6.92. The van der Waals surface area contributed by atoms with E-state index in [2.05, 4.69) is 28.6 Å². The summed E-state index contributed by atoms with van der Waals surface area (Å²) in [6, 6.07) is 2.60. The molecule has 2 fully saturated rings. The van der Waals surface area contributed by atoms with Crippen LogP contribution in [0, 0.1) is 0 Å². The quantitative estimate of drug-likeness (QED) is 0.839. The number of aromatic nitrogens is 1. The maximum Gasteiger partial charge on any atom is 0.0781 e. The first kappa shape index (κ1) is 11.8. The Kier molecular flexibility index (Phi) is 3.37. The summed E-state index contributed by atoms with van der Waals surface area (Å²) >= 11 is 0. The van der Waals surface area contributed by atoms with E-state index in [0.717, 1.165) is 30.8 Å². The van der Waals surface area contributed by atoms with Crippen molar-refractivity contribution in [2.75, 3.05) is 17.2 Å². The molecule has 4 heteroatoms. The molecule has 0 amide bonds. The number of nitrogens with one attached hydrogen (secondary N) is 2. The fraction of sp³-hybridized carbons (Fsp3) is 0.643. The normalized spacial score (nSPS) is 29.5. The number of rotatable bonds is 5. The van der Waals surface area contributed by atoms with Crippen LogP contribution < -0.4 is 10.6 Å². The van der Waals surface area contributed by atoms with E-state index in [0.29, 0.717) is 18.2 Å². The zero-order valence-electron chi connectivity index (χ0n) is 10.9. The predicted molar refractivity (Wildman–Crippen MR) is 72.9 cm³/mol. The molecule has 2 N–H and O–H groups in total. The van der Waals surface area contributed by atoms with Gasteiger partial charge in [0.2, 0.25) is 0 Å². The van der Waals surface area contributed by atoms with Crippen LogP contribution in [0.15, 0.2) is 18.5 Å². The summed E-state index contributed by atoms with van der Waals surface area (Å²) in [5.74, 6) is 0. The van der Waals surface area contributed by atoms with Crippen molar-refractivity contribution in [3.05, 3.63) is 18.5 Å². The van der Waals surface area contributed by atoms with Crippen LogP contribution in [-0.4, -0.2) is 29.8 Å². The van der Waals surface area contributed by atoms with Crippen molar-refractivity contribution in [2.24, 2.45) is 0 Å². The van der Waals surface area contributed by atoms with Gasteiger partial charge in [-0.15, -0.1) is 0 Å². The molecule has 3 unspecified atom stereocenters. The summed E-state index contributed by atoms with van der Waals surface area (Å²) < 4.78 is 5.85. The van der Waals surface area contributed by atoms with Crippen molar-refractivity contribution in [1.29, 1.82) is 0 Å². The molecule has 2 saturated heterocycles. The molecule has 18 heavy (non-hydrogen) atoms. The van der Waals surface area contributed by atoms with E-state index in [4.69, 9.17) is 4.74 Å². The average molecular weight is 247 g/mol. The van der Waals surface area contributed by atoms with Gasteiger partial charge in [-0.25, -0.2) is 0 Å². The maximum absolute atomic E-state index is 5.85. The topological polar surface area (TPSA) is 46.2 Å². The minimum atomic E-state index is 0.405. The van der Waals surface area contributed by atoms with Crippen LogP contribution in [0.25, 0.3) is 0 Å². The van der Waals surface area contributed by atoms with Crippen LogP contribution in [0.1, 0.15) is 32.6 Å². The Hall–Kier alpha value is -1.29. The Labute approximate surface area is 108 Å². The van der Waals surface area contributed by atoms with Gasteiger partial charge in [0.15, 0.2) is 0 Å². The molecule has 2 aliphatic heterocycles. The van der Waals surface area contributed by atoms with Gasteiger partial charge < -0.3 is 15.4 Å². The lowest BCUT2D eigenvalue weighted by Crippen LogP contribution is -2.30. The second-order valence-electron chi connectivity index (χ2n) is 5.25. The van der Waals surface area contributed by atoms with Crippen LogP contribution in [0.5, 0.6) is 0 Å². The molecule has 2 aliphatic rings. The van der Waals surface area contributed by atoms with E-state index in [-0.39, 0.29) is 0 Å². The Morgan fingerprint density at radius 2 is 2.22 bits per heavy atom. The molecule has 0 aliphatic carbocycles. The first-order valence-corrected chi connectivity index (χ1v) is 6.96. The van der Waals surface area contributed by atoms with Crippen molar-refractivity contribution in [3.8, 4) is 0 Å². The average Bonchev–Trinajstić information content (AvgIpc) is 2.99. The highest BCUT2D eigenvalue weighted by Crippen LogP contribution is 2.36. The second-order valence-corrected chi connectivity index (χ2v) is 5.25. The number of pyridine rings is 1. The molecule has 0 saturated carbocycles. The maximum atomic E-state index is 5.85. The monoisotopic (exact) mass is 247 g/mol. The Bertz CT molecular complexity index is 410. The van der Waals surface area contributed by atoms with Gasteiger partial charge in [-0.05, 0) is 31.7 Å². The summed E-state index contributed by atoms with van der Waals surface area (Å²) in [7, 11) is 0. The Morgan fingerprint density at radius 3 is 2.94 bits per heavy atom. The number of anilines is 2. The zero-order valence-corrected chi connectivity index (χ0v) is 10.9. The zero-order chi connectivity index (χ0) is 12.4. The smallest absolute Gasteiger partial charge is 0.0781 e. The van der Waals surface area contributed by atoms with Crippen molar-refractivity contribution >= 4 is 11.4 Å². The minimum Gasteiger partial charge on any atom is -0.384 e. The molecule has 1 aromatic heterocycles. The van der Waals surface area contributed by atoms with Crippen LogP contribution in [-0.2, 0) is 4.74 Å². The molecule has 2 bridgehead atoms. The highest BCUT2D eigenvalue weighted by molar-refractivity contribution is 5.54. The van der Waals surface area contributed by atoms with Gasteiger partial charge in [-0.2, -0.15) is 0 Å². The van der Waals surface area contributed by atoms with E-state index in [1.165, 1.54) is 12.8 Å². The lowest BCUT2D eigenvalue weighted by atomic mass is 9.95. The van der Waals surface area contributed by atoms with Crippen LogP contribution in [0.4, 0.5) is 11.4 Å². The Morgan fingerprint density at radius 1 is 1.33 bits per heavy atom. The second kappa shape index (κ2) is 5.14. The lowest BCUT2D eigenvalue weighted by molar-refractivity contribution is 0.102. The fourth-order valence-electron chi connectivity index (χ4n) is 2.89. The van der Waals surface area contributed by atoms with Gasteiger partial charge in [0.05, 0.1) is 42.0 Å². The molecule has 3 rings (SSSR count). The molecule has 98 valence electrons. The standard InChI is InChI=1S/C14H21N3O/c1-2-5-16-10-6-11(9-15-8-10)17-13-7-12-3-4-14(13)18-12/h6,8-9,12-14,16-17H,2-5,7H2,1H3. The molecular weight excluding hydrogens is 226 g/mol. The largest absolute Gasteiger partial charge is 0.384 e. The molecule has 4 nitrogen and oxygen atoms in total. The van der Waals surface area contributed by atoms with Gasteiger partial charge in [-0.1, -0.05) is 6.92 Å². The third kappa shape index (κ3) is 2.43. The van der Waals surface area contributed by atoms with Crippen molar-refractivity contribution < 1.29 is 4.74 Å². The summed E-state index contributed by atoms with van der Waals surface area (Å²) in [6.45, 7) is 3.15.